The van der Waals surface area contributed by atoms with Gasteiger partial charge in [0, 0.05) is 20.1 Å². The number of rotatable bonds is 4. The average Bonchev–Trinajstić information content (AvgIpc) is 2.39. The van der Waals surface area contributed by atoms with Gasteiger partial charge in [-0.25, -0.2) is 9.97 Å². The van der Waals surface area contributed by atoms with E-state index in [0.717, 1.165) is 24.8 Å². The first-order chi connectivity index (χ1) is 9.06. The zero-order chi connectivity index (χ0) is 13.8. The number of hydrogen-bond donors (Lipinski definition) is 1. The van der Waals surface area contributed by atoms with Gasteiger partial charge in [0.1, 0.15) is 18.2 Å². The molecule has 1 N–H and O–H groups in total. The fourth-order valence-corrected chi connectivity index (χ4v) is 2.20. The number of piperidine rings is 1. The first kappa shape index (κ1) is 13.6. The maximum absolute atomic E-state index is 10.6. The zero-order valence-corrected chi connectivity index (χ0v) is 11.4. The van der Waals surface area contributed by atoms with Crippen LogP contribution in [0.2, 0.25) is 0 Å². The molecule has 0 bridgehead atoms. The molecule has 0 unspecified atom stereocenters. The van der Waals surface area contributed by atoms with Gasteiger partial charge in [0.25, 0.3) is 0 Å². The number of anilines is 2. The van der Waals surface area contributed by atoms with Crippen molar-refractivity contribution in [3.63, 3.8) is 0 Å². The molecule has 0 radical (unpaired) electrons. The van der Waals surface area contributed by atoms with Crippen molar-refractivity contribution >= 4 is 17.6 Å². The fraction of sp³-hybridized carbons (Fsp3) is 0.615. The van der Waals surface area contributed by atoms with Gasteiger partial charge in [0.2, 0.25) is 0 Å². The van der Waals surface area contributed by atoms with Crippen LogP contribution in [0.1, 0.15) is 19.8 Å². The van der Waals surface area contributed by atoms with Crippen LogP contribution in [0.5, 0.6) is 0 Å². The molecule has 0 saturated carbocycles. The van der Waals surface area contributed by atoms with Crippen LogP contribution in [-0.4, -0.2) is 47.7 Å². The number of aliphatic carboxylic acids is 1. The molecule has 6 nitrogen and oxygen atoms in total. The summed E-state index contributed by atoms with van der Waals surface area (Å²) in [6.45, 7) is 4.22. The zero-order valence-electron chi connectivity index (χ0n) is 11.4. The van der Waals surface area contributed by atoms with E-state index < -0.39 is 5.97 Å². The molecule has 0 atom stereocenters. The quantitative estimate of drug-likeness (QED) is 0.882. The number of carboxylic acid groups (broad SMARTS) is 1. The smallest absolute Gasteiger partial charge is 0.323 e. The van der Waals surface area contributed by atoms with E-state index in [2.05, 4.69) is 21.8 Å². The second-order valence-electron chi connectivity index (χ2n) is 5.15. The highest BCUT2D eigenvalue weighted by molar-refractivity contribution is 5.72. The Morgan fingerprint density at radius 2 is 2.11 bits per heavy atom. The summed E-state index contributed by atoms with van der Waals surface area (Å²) in [6.07, 6.45) is 5.73. The van der Waals surface area contributed by atoms with Crippen molar-refractivity contribution in [2.45, 2.75) is 19.8 Å². The van der Waals surface area contributed by atoms with Crippen LogP contribution < -0.4 is 9.80 Å². The number of carbonyl (C=O) groups is 1. The molecule has 0 spiro atoms. The summed E-state index contributed by atoms with van der Waals surface area (Å²) in [7, 11) is 1.69. The van der Waals surface area contributed by atoms with Crippen molar-refractivity contribution in [3.05, 3.63) is 12.4 Å². The van der Waals surface area contributed by atoms with Gasteiger partial charge >= 0.3 is 5.97 Å². The minimum atomic E-state index is -0.876. The Morgan fingerprint density at radius 1 is 1.42 bits per heavy atom. The van der Waals surface area contributed by atoms with E-state index in [9.17, 15) is 4.79 Å². The number of likely N-dealkylation sites (N-methyl/N-ethyl adjacent to an activating group) is 1. The summed E-state index contributed by atoms with van der Waals surface area (Å²) in [5, 5.41) is 8.73. The van der Waals surface area contributed by atoms with Crippen LogP contribution in [-0.2, 0) is 4.79 Å². The number of carboxylic acids is 1. The standard InChI is InChI=1S/C13H20N4O2/c1-10-3-5-17(6-4-10)12-8-14-11(7-15-12)16(2)9-13(18)19/h7-8,10H,3-6,9H2,1-2H3,(H,18,19). The van der Waals surface area contributed by atoms with Crippen molar-refractivity contribution in [2.75, 3.05) is 36.5 Å². The predicted octanol–water partition coefficient (Wildman–Crippen LogP) is 1.23. The molecular formula is C13H20N4O2. The number of aromatic nitrogens is 2. The van der Waals surface area contributed by atoms with E-state index >= 15 is 0 Å². The fourth-order valence-electron chi connectivity index (χ4n) is 2.20. The van der Waals surface area contributed by atoms with E-state index in [0.29, 0.717) is 5.82 Å². The molecule has 1 saturated heterocycles. The van der Waals surface area contributed by atoms with Gasteiger partial charge in [-0.3, -0.25) is 4.79 Å². The largest absolute Gasteiger partial charge is 0.480 e. The molecule has 0 aliphatic carbocycles. The third-order valence-corrected chi connectivity index (χ3v) is 3.50. The first-order valence-electron chi connectivity index (χ1n) is 6.56. The Kier molecular flexibility index (Phi) is 4.19. The molecule has 1 fully saturated rings. The molecule has 6 heteroatoms. The van der Waals surface area contributed by atoms with Crippen molar-refractivity contribution in [1.82, 2.24) is 9.97 Å². The minimum Gasteiger partial charge on any atom is -0.480 e. The van der Waals surface area contributed by atoms with Gasteiger partial charge in [-0.1, -0.05) is 6.92 Å². The summed E-state index contributed by atoms with van der Waals surface area (Å²) in [5.74, 6) is 1.36. The van der Waals surface area contributed by atoms with E-state index in [-0.39, 0.29) is 6.54 Å². The molecule has 104 valence electrons. The molecule has 2 heterocycles. The van der Waals surface area contributed by atoms with Crippen LogP contribution in [0, 0.1) is 5.92 Å². The lowest BCUT2D eigenvalue weighted by Gasteiger charge is -2.31. The van der Waals surface area contributed by atoms with Gasteiger partial charge in [-0.15, -0.1) is 0 Å². The molecule has 1 aromatic rings. The summed E-state index contributed by atoms with van der Waals surface area (Å²) in [6, 6.07) is 0. The molecule has 0 amide bonds. The Morgan fingerprint density at radius 3 is 2.63 bits per heavy atom. The Hall–Kier alpha value is -1.85. The van der Waals surface area contributed by atoms with Crippen molar-refractivity contribution in [2.24, 2.45) is 5.92 Å². The van der Waals surface area contributed by atoms with E-state index in [1.165, 1.54) is 12.8 Å². The molecule has 19 heavy (non-hydrogen) atoms. The topological polar surface area (TPSA) is 69.6 Å². The highest BCUT2D eigenvalue weighted by atomic mass is 16.4. The maximum atomic E-state index is 10.6. The summed E-state index contributed by atoms with van der Waals surface area (Å²) >= 11 is 0. The molecule has 1 aromatic heterocycles. The Labute approximate surface area is 113 Å². The normalized spacial score (nSPS) is 16.4. The minimum absolute atomic E-state index is 0.0742. The number of nitrogens with zero attached hydrogens (tertiary/aromatic N) is 4. The van der Waals surface area contributed by atoms with Crippen LogP contribution in [0.3, 0.4) is 0 Å². The lowest BCUT2D eigenvalue weighted by atomic mass is 9.99. The average molecular weight is 264 g/mol. The third-order valence-electron chi connectivity index (χ3n) is 3.50. The summed E-state index contributed by atoms with van der Waals surface area (Å²) < 4.78 is 0. The molecular weight excluding hydrogens is 244 g/mol. The van der Waals surface area contributed by atoms with Crippen molar-refractivity contribution in [1.29, 1.82) is 0 Å². The molecule has 0 aromatic carbocycles. The van der Waals surface area contributed by atoms with Crippen LogP contribution >= 0.6 is 0 Å². The highest BCUT2D eigenvalue weighted by Crippen LogP contribution is 2.21. The maximum Gasteiger partial charge on any atom is 0.323 e. The van der Waals surface area contributed by atoms with Crippen LogP contribution in [0.15, 0.2) is 12.4 Å². The van der Waals surface area contributed by atoms with E-state index in [1.807, 2.05) is 0 Å². The van der Waals surface area contributed by atoms with Crippen molar-refractivity contribution in [3.8, 4) is 0 Å². The van der Waals surface area contributed by atoms with Crippen LogP contribution in [0.25, 0.3) is 0 Å². The van der Waals surface area contributed by atoms with Gasteiger partial charge < -0.3 is 14.9 Å². The molecule has 1 aliphatic rings. The Balaban J connectivity index is 2.00. The van der Waals surface area contributed by atoms with E-state index in [1.54, 1.807) is 24.3 Å². The predicted molar refractivity (Wildman–Crippen MR) is 73.5 cm³/mol. The number of hydrogen-bond acceptors (Lipinski definition) is 5. The van der Waals surface area contributed by atoms with Gasteiger partial charge in [0.15, 0.2) is 0 Å². The highest BCUT2D eigenvalue weighted by Gasteiger charge is 2.17. The monoisotopic (exact) mass is 264 g/mol. The summed E-state index contributed by atoms with van der Waals surface area (Å²) in [5.41, 5.74) is 0. The van der Waals surface area contributed by atoms with Gasteiger partial charge in [-0.05, 0) is 18.8 Å². The summed E-state index contributed by atoms with van der Waals surface area (Å²) in [4.78, 5) is 23.1. The first-order valence-corrected chi connectivity index (χ1v) is 6.56. The SMILES string of the molecule is CC1CCN(c2cnc(N(C)CC(=O)O)cn2)CC1. The second-order valence-corrected chi connectivity index (χ2v) is 5.15. The van der Waals surface area contributed by atoms with Crippen molar-refractivity contribution < 1.29 is 9.90 Å². The van der Waals surface area contributed by atoms with Gasteiger partial charge in [-0.2, -0.15) is 0 Å². The molecule has 1 aliphatic heterocycles. The Bertz CT molecular complexity index is 427. The van der Waals surface area contributed by atoms with Gasteiger partial charge in [0.05, 0.1) is 12.4 Å². The lowest BCUT2D eigenvalue weighted by Crippen LogP contribution is -2.33. The van der Waals surface area contributed by atoms with E-state index in [4.69, 9.17) is 5.11 Å². The third kappa shape index (κ3) is 3.56. The van der Waals surface area contributed by atoms with Crippen LogP contribution in [0.4, 0.5) is 11.6 Å². The second kappa shape index (κ2) is 5.86. The molecule has 2 rings (SSSR count). The lowest BCUT2D eigenvalue weighted by molar-refractivity contribution is -0.135.